The maximum absolute atomic E-state index is 13.8. The first-order valence-electron chi connectivity index (χ1n) is 13.8. The zero-order valence-electron chi connectivity index (χ0n) is 22.3. The SMILES string of the molecule is CC(C)C(C)CC[C@@H](C)[C@H]1CC[C@@]2(C)C3=C(CC[C@]12C)[C@@]1(C)CC[C@H](O)[C@@H](C)[C@@H]1CC3=O. The van der Waals surface area contributed by atoms with Gasteiger partial charge in [-0.15, -0.1) is 0 Å². The molecule has 1 N–H and O–H groups in total. The number of hydrogen-bond donors (Lipinski definition) is 1. The molecule has 2 saturated carbocycles. The second kappa shape index (κ2) is 8.24. The number of ketones is 1. The Morgan fingerprint density at radius 1 is 1.00 bits per heavy atom. The van der Waals surface area contributed by atoms with Gasteiger partial charge in [-0.2, -0.15) is 0 Å². The summed E-state index contributed by atoms with van der Waals surface area (Å²) < 4.78 is 0. The van der Waals surface area contributed by atoms with Crippen molar-refractivity contribution in [3.63, 3.8) is 0 Å². The molecular formula is C30H50O2. The number of rotatable bonds is 5. The zero-order valence-corrected chi connectivity index (χ0v) is 22.3. The van der Waals surface area contributed by atoms with E-state index < -0.39 is 0 Å². The van der Waals surface area contributed by atoms with Gasteiger partial charge in [-0.05, 0) is 84.9 Å². The van der Waals surface area contributed by atoms with Crippen molar-refractivity contribution in [3.05, 3.63) is 11.1 Å². The summed E-state index contributed by atoms with van der Waals surface area (Å²) in [6.45, 7) is 19.3. The van der Waals surface area contributed by atoms with E-state index in [1.807, 2.05) is 0 Å². The van der Waals surface area contributed by atoms with Crippen molar-refractivity contribution in [2.24, 2.45) is 51.8 Å². The molecule has 0 heterocycles. The number of hydrogen-bond acceptors (Lipinski definition) is 2. The molecule has 0 bridgehead atoms. The first-order chi connectivity index (χ1) is 14.9. The van der Waals surface area contributed by atoms with Crippen LogP contribution < -0.4 is 0 Å². The zero-order chi connectivity index (χ0) is 23.6. The lowest BCUT2D eigenvalue weighted by atomic mass is 9.45. The highest BCUT2D eigenvalue weighted by Crippen LogP contribution is 2.71. The number of allylic oxidation sites excluding steroid dienone is 2. The topological polar surface area (TPSA) is 37.3 Å². The molecule has 4 aliphatic rings. The Hall–Kier alpha value is -0.630. The fourth-order valence-electron chi connectivity index (χ4n) is 9.02. The molecular weight excluding hydrogens is 392 g/mol. The number of Topliss-reactive ketones (excluding diaryl/α,β-unsaturated/α-hetero) is 1. The summed E-state index contributed by atoms with van der Waals surface area (Å²) in [5, 5.41) is 10.5. The van der Waals surface area contributed by atoms with Gasteiger partial charge >= 0.3 is 0 Å². The molecule has 1 unspecified atom stereocenters. The molecule has 0 radical (unpaired) electrons. The number of aliphatic hydroxyl groups excluding tert-OH is 1. The largest absolute Gasteiger partial charge is 0.393 e. The normalized spacial score (nSPS) is 46.0. The van der Waals surface area contributed by atoms with Crippen molar-refractivity contribution in [1.82, 2.24) is 0 Å². The quantitative estimate of drug-likeness (QED) is 0.476. The Balaban J connectivity index is 1.65. The number of carbonyl (C=O) groups excluding carboxylic acids is 1. The summed E-state index contributed by atoms with van der Waals surface area (Å²) in [6.07, 6.45) is 9.82. The third kappa shape index (κ3) is 3.40. The molecule has 4 aliphatic carbocycles. The van der Waals surface area contributed by atoms with Gasteiger partial charge in [0.25, 0.3) is 0 Å². The van der Waals surface area contributed by atoms with Crippen LogP contribution in [0.5, 0.6) is 0 Å². The van der Waals surface area contributed by atoms with Crippen LogP contribution in [-0.4, -0.2) is 17.0 Å². The highest BCUT2D eigenvalue weighted by molar-refractivity contribution is 5.99. The van der Waals surface area contributed by atoms with Gasteiger partial charge in [0.2, 0.25) is 0 Å². The minimum Gasteiger partial charge on any atom is -0.393 e. The second-order valence-electron chi connectivity index (χ2n) is 13.6. The molecule has 0 saturated heterocycles. The predicted octanol–water partition coefficient (Wildman–Crippen LogP) is 7.59. The van der Waals surface area contributed by atoms with Crippen molar-refractivity contribution >= 4 is 5.78 Å². The Labute approximate surface area is 198 Å². The van der Waals surface area contributed by atoms with Gasteiger partial charge < -0.3 is 5.11 Å². The maximum Gasteiger partial charge on any atom is 0.159 e. The van der Waals surface area contributed by atoms with E-state index in [1.165, 1.54) is 43.3 Å². The molecule has 0 amide bonds. The van der Waals surface area contributed by atoms with Gasteiger partial charge in [0, 0.05) is 17.4 Å². The van der Waals surface area contributed by atoms with Crippen LogP contribution >= 0.6 is 0 Å². The van der Waals surface area contributed by atoms with Crippen LogP contribution in [0, 0.1) is 51.8 Å². The van der Waals surface area contributed by atoms with Crippen LogP contribution in [0.25, 0.3) is 0 Å². The van der Waals surface area contributed by atoms with E-state index in [0.717, 1.165) is 42.9 Å². The minimum atomic E-state index is -0.239. The average molecular weight is 443 g/mol. The Morgan fingerprint density at radius 3 is 2.34 bits per heavy atom. The van der Waals surface area contributed by atoms with E-state index in [4.69, 9.17) is 0 Å². The summed E-state index contributed by atoms with van der Waals surface area (Å²) in [5.41, 5.74) is 3.17. The van der Waals surface area contributed by atoms with Crippen molar-refractivity contribution in [2.75, 3.05) is 0 Å². The first kappa shape index (κ1) is 24.5. The van der Waals surface area contributed by atoms with Crippen LogP contribution in [-0.2, 0) is 4.79 Å². The molecule has 9 atom stereocenters. The second-order valence-corrected chi connectivity index (χ2v) is 13.6. The Morgan fingerprint density at radius 2 is 1.69 bits per heavy atom. The molecule has 2 nitrogen and oxygen atoms in total. The van der Waals surface area contributed by atoms with Gasteiger partial charge in [-0.25, -0.2) is 0 Å². The molecule has 0 aromatic carbocycles. The van der Waals surface area contributed by atoms with Crippen LogP contribution in [0.4, 0.5) is 0 Å². The third-order valence-corrected chi connectivity index (χ3v) is 12.1. The third-order valence-electron chi connectivity index (χ3n) is 12.1. The highest BCUT2D eigenvalue weighted by atomic mass is 16.3. The molecule has 0 aromatic heterocycles. The van der Waals surface area contributed by atoms with Crippen LogP contribution in [0.15, 0.2) is 11.1 Å². The predicted molar refractivity (Wildman–Crippen MR) is 133 cm³/mol. The number of fused-ring (bicyclic) bond motifs is 4. The molecule has 0 aromatic rings. The highest BCUT2D eigenvalue weighted by Gasteiger charge is 2.64. The van der Waals surface area contributed by atoms with Crippen molar-refractivity contribution < 1.29 is 9.90 Å². The molecule has 32 heavy (non-hydrogen) atoms. The van der Waals surface area contributed by atoms with Crippen molar-refractivity contribution in [1.29, 1.82) is 0 Å². The summed E-state index contributed by atoms with van der Waals surface area (Å²) in [4.78, 5) is 13.8. The van der Waals surface area contributed by atoms with Gasteiger partial charge in [-0.1, -0.05) is 73.8 Å². The summed E-state index contributed by atoms with van der Waals surface area (Å²) in [7, 11) is 0. The smallest absolute Gasteiger partial charge is 0.159 e. The monoisotopic (exact) mass is 442 g/mol. The average Bonchev–Trinajstić information content (AvgIpc) is 3.01. The summed E-state index contributed by atoms with van der Waals surface area (Å²) in [6, 6.07) is 0. The summed E-state index contributed by atoms with van der Waals surface area (Å²) in [5.74, 6) is 3.99. The molecule has 2 fully saturated rings. The van der Waals surface area contributed by atoms with Crippen LogP contribution in [0.1, 0.15) is 113 Å². The lowest BCUT2D eigenvalue weighted by Crippen LogP contribution is -2.54. The molecule has 2 heteroatoms. The molecule has 0 spiro atoms. The van der Waals surface area contributed by atoms with Crippen molar-refractivity contribution in [3.8, 4) is 0 Å². The van der Waals surface area contributed by atoms with Gasteiger partial charge in [-0.3, -0.25) is 4.79 Å². The Bertz CT molecular complexity index is 780. The van der Waals surface area contributed by atoms with Gasteiger partial charge in [0.1, 0.15) is 0 Å². The van der Waals surface area contributed by atoms with Crippen molar-refractivity contribution in [2.45, 2.75) is 119 Å². The lowest BCUT2D eigenvalue weighted by molar-refractivity contribution is -0.126. The minimum absolute atomic E-state index is 0.0353. The molecule has 4 rings (SSSR count). The summed E-state index contributed by atoms with van der Waals surface area (Å²) >= 11 is 0. The van der Waals surface area contributed by atoms with E-state index in [0.29, 0.717) is 18.1 Å². The van der Waals surface area contributed by atoms with E-state index in [2.05, 4.69) is 55.4 Å². The van der Waals surface area contributed by atoms with Crippen LogP contribution in [0.2, 0.25) is 0 Å². The fourth-order valence-corrected chi connectivity index (χ4v) is 9.02. The number of aliphatic hydroxyl groups is 1. The molecule has 182 valence electrons. The Kier molecular flexibility index (Phi) is 6.31. The van der Waals surface area contributed by atoms with Gasteiger partial charge in [0.05, 0.1) is 6.10 Å². The lowest BCUT2D eigenvalue weighted by Gasteiger charge is -2.59. The van der Waals surface area contributed by atoms with E-state index in [1.54, 1.807) is 0 Å². The van der Waals surface area contributed by atoms with E-state index >= 15 is 0 Å². The fraction of sp³-hybridized carbons (Fsp3) is 0.900. The van der Waals surface area contributed by atoms with Gasteiger partial charge in [0.15, 0.2) is 5.78 Å². The van der Waals surface area contributed by atoms with E-state index in [-0.39, 0.29) is 28.3 Å². The first-order valence-corrected chi connectivity index (χ1v) is 13.8. The van der Waals surface area contributed by atoms with E-state index in [9.17, 15) is 9.90 Å². The number of carbonyl (C=O) groups is 1. The molecule has 0 aliphatic heterocycles. The maximum atomic E-state index is 13.8. The standard InChI is InChI=1S/C30H50O2/c1-18(2)19(3)9-10-20(4)22-11-16-30(8)27-23(12-15-29(22,30)7)28(6)14-13-25(31)21(5)24(28)17-26(27)32/h18-22,24-25,31H,9-17H2,1-8H3/t19?,20-,21+,22-,24+,25+,28-,29-,30+/m1/s1. The van der Waals surface area contributed by atoms with Crippen LogP contribution in [0.3, 0.4) is 0 Å².